The molecule has 1 atom stereocenters. The molecule has 8 heteroatoms. The Kier molecular flexibility index (Phi) is 5.53. The summed E-state index contributed by atoms with van der Waals surface area (Å²) in [6.07, 6.45) is 10.5. The van der Waals surface area contributed by atoms with Crippen LogP contribution in [0.5, 0.6) is 0 Å². The number of amides is 1. The Morgan fingerprint density at radius 3 is 3.07 bits per heavy atom. The minimum atomic E-state index is 0.125. The minimum Gasteiger partial charge on any atom is -0.451 e. The highest BCUT2D eigenvalue weighted by Gasteiger charge is 2.25. The number of hydrogen-bond donors (Lipinski definition) is 2. The van der Waals surface area contributed by atoms with E-state index in [1.807, 2.05) is 4.90 Å². The van der Waals surface area contributed by atoms with Gasteiger partial charge in [-0.25, -0.2) is 10.8 Å². The maximum atomic E-state index is 12.6. The Bertz CT molecular complexity index is 994. The molecule has 152 valence electrons. The van der Waals surface area contributed by atoms with Crippen molar-refractivity contribution in [1.29, 1.82) is 0 Å². The Hall–Kier alpha value is -3.26. The smallest absolute Gasteiger partial charge is 0.224 e. The van der Waals surface area contributed by atoms with Crippen LogP contribution >= 0.6 is 0 Å². The van der Waals surface area contributed by atoms with Crippen molar-refractivity contribution in [3.8, 4) is 11.3 Å². The molecule has 0 spiro atoms. The molecular weight excluding hydrogens is 368 g/mol. The molecule has 4 N–H and O–H groups in total. The molecule has 4 rings (SSSR count). The van der Waals surface area contributed by atoms with Gasteiger partial charge in [0.05, 0.1) is 6.04 Å². The van der Waals surface area contributed by atoms with Crippen molar-refractivity contribution in [2.24, 2.45) is 11.6 Å². The molecule has 2 aromatic heterocycles. The first-order chi connectivity index (χ1) is 14.2. The van der Waals surface area contributed by atoms with E-state index in [0.717, 1.165) is 41.5 Å². The van der Waals surface area contributed by atoms with E-state index in [0.29, 0.717) is 19.5 Å². The predicted molar refractivity (Wildman–Crippen MR) is 111 cm³/mol. The van der Waals surface area contributed by atoms with Crippen molar-refractivity contribution in [2.75, 3.05) is 19.6 Å². The van der Waals surface area contributed by atoms with E-state index in [1.54, 1.807) is 12.5 Å². The molecule has 0 saturated carbocycles. The number of fused-ring (bicyclic) bond motifs is 1. The molecule has 0 radical (unpaired) electrons. The highest BCUT2D eigenvalue weighted by atomic mass is 16.3. The molecule has 1 aliphatic heterocycles. The number of hydrazine groups is 1. The third-order valence-corrected chi connectivity index (χ3v) is 5.45. The summed E-state index contributed by atoms with van der Waals surface area (Å²) in [4.78, 5) is 18.8. The fourth-order valence-electron chi connectivity index (χ4n) is 3.97. The molecule has 1 aromatic carbocycles. The minimum absolute atomic E-state index is 0.125. The number of oxazole rings is 1. The molecular formula is C21H26N6O2. The molecule has 1 amide bonds. The summed E-state index contributed by atoms with van der Waals surface area (Å²) < 4.78 is 7.37. The van der Waals surface area contributed by atoms with Gasteiger partial charge in [0.25, 0.3) is 0 Å². The summed E-state index contributed by atoms with van der Waals surface area (Å²) in [5, 5.41) is 2.59. The number of likely N-dealkylation sites (tertiary alicyclic amines) is 1. The van der Waals surface area contributed by atoms with E-state index in [4.69, 9.17) is 16.0 Å². The van der Waals surface area contributed by atoms with Crippen LogP contribution < -0.4 is 11.6 Å². The van der Waals surface area contributed by atoms with Crippen LogP contribution in [0.15, 0.2) is 59.9 Å². The second kappa shape index (κ2) is 8.40. The summed E-state index contributed by atoms with van der Waals surface area (Å²) in [6, 6.07) is 8.68. The summed E-state index contributed by atoms with van der Waals surface area (Å²) in [7, 11) is 0. The van der Waals surface area contributed by atoms with Gasteiger partial charge in [0.2, 0.25) is 5.91 Å². The van der Waals surface area contributed by atoms with Crippen molar-refractivity contribution in [1.82, 2.24) is 19.5 Å². The first kappa shape index (κ1) is 19.1. The van der Waals surface area contributed by atoms with Gasteiger partial charge in [-0.2, -0.15) is 0 Å². The maximum Gasteiger partial charge on any atom is 0.224 e. The number of nitrogens with two attached hydrogens (primary N) is 2. The normalized spacial score (nSPS) is 17.3. The van der Waals surface area contributed by atoms with E-state index in [1.165, 1.54) is 17.6 Å². The topological polar surface area (TPSA) is 107 Å². The van der Waals surface area contributed by atoms with Gasteiger partial charge in [-0.05, 0) is 31.0 Å². The zero-order valence-corrected chi connectivity index (χ0v) is 16.3. The van der Waals surface area contributed by atoms with Crippen molar-refractivity contribution in [3.05, 3.63) is 55.5 Å². The lowest BCUT2D eigenvalue weighted by atomic mass is 10.0. The standard InChI is InChI=1S/C21H26N6O2/c22-7-11-26(23)9-6-21(28)25-8-1-2-18(13-25)27-10-5-17-12-16(3-4-20(17)27)19-14-29-15-24-19/h3-5,7,10-12,14-15,18H,1-2,6,8-9,13,22-23H2/b11-7-. The number of aromatic nitrogens is 2. The molecule has 29 heavy (non-hydrogen) atoms. The average molecular weight is 394 g/mol. The van der Waals surface area contributed by atoms with Crippen LogP contribution in [0.2, 0.25) is 0 Å². The van der Waals surface area contributed by atoms with Gasteiger partial charge in [-0.3, -0.25) is 4.79 Å². The Balaban J connectivity index is 1.46. The Morgan fingerprint density at radius 1 is 1.38 bits per heavy atom. The van der Waals surface area contributed by atoms with Crippen LogP contribution in [0.1, 0.15) is 25.3 Å². The van der Waals surface area contributed by atoms with Crippen LogP contribution in [0, 0.1) is 0 Å². The molecule has 1 unspecified atom stereocenters. The predicted octanol–water partition coefficient (Wildman–Crippen LogP) is 2.46. The van der Waals surface area contributed by atoms with Crippen LogP contribution in [-0.2, 0) is 4.79 Å². The summed E-state index contributed by atoms with van der Waals surface area (Å²) in [6.45, 7) is 1.96. The molecule has 0 aliphatic carbocycles. The van der Waals surface area contributed by atoms with Gasteiger partial charge >= 0.3 is 0 Å². The molecule has 1 saturated heterocycles. The first-order valence-corrected chi connectivity index (χ1v) is 9.82. The largest absolute Gasteiger partial charge is 0.451 e. The van der Waals surface area contributed by atoms with Gasteiger partial charge in [0, 0.05) is 61.1 Å². The first-order valence-electron chi connectivity index (χ1n) is 9.82. The van der Waals surface area contributed by atoms with E-state index >= 15 is 0 Å². The highest BCUT2D eigenvalue weighted by molar-refractivity contribution is 5.85. The van der Waals surface area contributed by atoms with Crippen LogP contribution in [0.3, 0.4) is 0 Å². The van der Waals surface area contributed by atoms with Crippen molar-refractivity contribution >= 4 is 16.8 Å². The van der Waals surface area contributed by atoms with Gasteiger partial charge in [-0.15, -0.1) is 0 Å². The molecule has 8 nitrogen and oxygen atoms in total. The molecule has 0 bridgehead atoms. The second-order valence-corrected chi connectivity index (χ2v) is 7.34. The van der Waals surface area contributed by atoms with E-state index < -0.39 is 0 Å². The number of piperidine rings is 1. The third kappa shape index (κ3) is 4.12. The van der Waals surface area contributed by atoms with Gasteiger partial charge in [-0.1, -0.05) is 6.07 Å². The van der Waals surface area contributed by atoms with E-state index in [2.05, 4.69) is 40.0 Å². The fraction of sp³-hybridized carbons (Fsp3) is 0.333. The molecule has 1 aliphatic rings. The zero-order valence-electron chi connectivity index (χ0n) is 16.3. The number of hydrogen-bond acceptors (Lipinski definition) is 6. The number of carbonyl (C=O) groups excluding carboxylic acids is 1. The summed E-state index contributed by atoms with van der Waals surface area (Å²) >= 11 is 0. The quantitative estimate of drug-likeness (QED) is 0.491. The second-order valence-electron chi connectivity index (χ2n) is 7.34. The zero-order chi connectivity index (χ0) is 20.2. The third-order valence-electron chi connectivity index (χ3n) is 5.45. The SMILES string of the molecule is N/C=C\N(N)CCC(=O)N1CCCC(n2ccc3cc(-c4cocn4)ccc32)C1. The molecule has 3 aromatic rings. The molecule has 3 heterocycles. The fourth-order valence-corrected chi connectivity index (χ4v) is 3.97. The average Bonchev–Trinajstić information content (AvgIpc) is 3.42. The van der Waals surface area contributed by atoms with E-state index in [9.17, 15) is 4.79 Å². The number of rotatable bonds is 6. The monoisotopic (exact) mass is 394 g/mol. The van der Waals surface area contributed by atoms with Crippen LogP contribution in [0.25, 0.3) is 22.2 Å². The van der Waals surface area contributed by atoms with Gasteiger partial charge < -0.3 is 24.6 Å². The Labute approximate surface area is 169 Å². The highest BCUT2D eigenvalue weighted by Crippen LogP contribution is 2.29. The molecule has 1 fully saturated rings. The van der Waals surface area contributed by atoms with Crippen molar-refractivity contribution in [3.63, 3.8) is 0 Å². The van der Waals surface area contributed by atoms with Crippen molar-refractivity contribution < 1.29 is 9.21 Å². The number of carbonyl (C=O) groups is 1. The van der Waals surface area contributed by atoms with Crippen molar-refractivity contribution in [2.45, 2.75) is 25.3 Å². The van der Waals surface area contributed by atoms with Gasteiger partial charge in [0.1, 0.15) is 12.0 Å². The Morgan fingerprint density at radius 2 is 2.28 bits per heavy atom. The maximum absolute atomic E-state index is 12.6. The lowest BCUT2D eigenvalue weighted by molar-refractivity contribution is -0.133. The van der Waals surface area contributed by atoms with Crippen LogP contribution in [0.4, 0.5) is 0 Å². The van der Waals surface area contributed by atoms with E-state index in [-0.39, 0.29) is 11.9 Å². The number of nitrogens with zero attached hydrogens (tertiary/aromatic N) is 4. The van der Waals surface area contributed by atoms with Crippen LogP contribution in [-0.4, -0.2) is 45.0 Å². The lowest BCUT2D eigenvalue weighted by Crippen LogP contribution is -2.42. The summed E-state index contributed by atoms with van der Waals surface area (Å²) in [5.74, 6) is 5.88. The lowest BCUT2D eigenvalue weighted by Gasteiger charge is -2.34. The number of benzene rings is 1. The summed E-state index contributed by atoms with van der Waals surface area (Å²) in [5.41, 5.74) is 8.35. The van der Waals surface area contributed by atoms with Gasteiger partial charge in [0.15, 0.2) is 6.39 Å².